The minimum absolute atomic E-state index is 0.0743. The molecule has 1 radical (unpaired) electrons. The third-order valence-electron chi connectivity index (χ3n) is 1.52. The van der Waals surface area contributed by atoms with Crippen LogP contribution in [0.4, 0.5) is 0 Å². The number of phenols is 1. The zero-order valence-electron chi connectivity index (χ0n) is 6.07. The summed E-state index contributed by atoms with van der Waals surface area (Å²) in [6.45, 7) is 0. The Morgan fingerprint density at radius 3 is 3.08 bits per heavy atom. The van der Waals surface area contributed by atoms with Crippen molar-refractivity contribution in [3.63, 3.8) is 0 Å². The molecule has 0 saturated heterocycles. The second kappa shape index (κ2) is 2.37. The maximum Gasteiger partial charge on any atom is 0.336 e. The number of phenolic OH excluding ortho intramolecular Hbond substituents is 1. The highest BCUT2D eigenvalue weighted by molar-refractivity contribution is 5.76. The van der Waals surface area contributed by atoms with Crippen molar-refractivity contribution < 1.29 is 9.52 Å². The third-order valence-corrected chi connectivity index (χ3v) is 1.52. The lowest BCUT2D eigenvalue weighted by atomic mass is 10.2. The van der Waals surface area contributed by atoms with Crippen LogP contribution in [0.5, 0.6) is 5.75 Å². The summed E-state index contributed by atoms with van der Waals surface area (Å²) in [5, 5.41) is 9.72. The first-order valence-electron chi connectivity index (χ1n) is 3.40. The number of fused-ring (bicyclic) bond motifs is 1. The second-order valence-corrected chi connectivity index (χ2v) is 2.39. The van der Waals surface area contributed by atoms with Crippen LogP contribution in [0, 0.1) is 6.07 Å². The Morgan fingerprint density at radius 2 is 2.25 bits per heavy atom. The highest BCUT2D eigenvalue weighted by atomic mass is 16.4. The van der Waals surface area contributed by atoms with Crippen LogP contribution in [-0.2, 0) is 0 Å². The molecule has 2 rings (SSSR count). The third kappa shape index (κ3) is 1.05. The molecule has 0 amide bonds. The fraction of sp³-hybridized carbons (Fsp3) is 0. The number of rotatable bonds is 0. The van der Waals surface area contributed by atoms with Gasteiger partial charge in [0.25, 0.3) is 0 Å². The summed E-state index contributed by atoms with van der Waals surface area (Å²) in [4.78, 5) is 10.7. The van der Waals surface area contributed by atoms with Gasteiger partial charge in [0.05, 0.1) is 0 Å². The molecule has 1 heterocycles. The summed E-state index contributed by atoms with van der Waals surface area (Å²) in [7, 11) is 0. The van der Waals surface area contributed by atoms with Gasteiger partial charge in [-0.1, -0.05) is 0 Å². The number of benzene rings is 1. The van der Waals surface area contributed by atoms with Crippen molar-refractivity contribution in [1.29, 1.82) is 0 Å². The highest BCUT2D eigenvalue weighted by Crippen LogP contribution is 2.16. The normalized spacial score (nSPS) is 10.3. The molecule has 0 atom stereocenters. The molecular weight excluding hydrogens is 156 g/mol. The summed E-state index contributed by atoms with van der Waals surface area (Å²) in [6, 6.07) is 8.48. The summed E-state index contributed by atoms with van der Waals surface area (Å²) in [6.07, 6.45) is 0. The molecule has 1 aromatic heterocycles. The molecule has 3 heteroatoms. The van der Waals surface area contributed by atoms with E-state index in [0.717, 1.165) is 0 Å². The predicted octanol–water partition coefficient (Wildman–Crippen LogP) is 1.30. The van der Waals surface area contributed by atoms with E-state index in [2.05, 4.69) is 6.07 Å². The smallest absolute Gasteiger partial charge is 0.336 e. The van der Waals surface area contributed by atoms with E-state index in [1.54, 1.807) is 6.07 Å². The molecule has 0 bridgehead atoms. The van der Waals surface area contributed by atoms with E-state index in [4.69, 9.17) is 9.52 Å². The zero-order chi connectivity index (χ0) is 8.55. The van der Waals surface area contributed by atoms with E-state index in [9.17, 15) is 4.79 Å². The maximum absolute atomic E-state index is 10.7. The lowest BCUT2D eigenvalue weighted by molar-refractivity contribution is 0.473. The lowest BCUT2D eigenvalue weighted by Gasteiger charge is -1.94. The Bertz CT molecular complexity index is 470. The van der Waals surface area contributed by atoms with Crippen molar-refractivity contribution in [2.24, 2.45) is 0 Å². The van der Waals surface area contributed by atoms with E-state index in [0.29, 0.717) is 11.0 Å². The molecule has 0 aliphatic carbocycles. The van der Waals surface area contributed by atoms with Crippen molar-refractivity contribution in [2.75, 3.05) is 0 Å². The van der Waals surface area contributed by atoms with Crippen LogP contribution < -0.4 is 5.63 Å². The average molecular weight is 161 g/mol. The van der Waals surface area contributed by atoms with Gasteiger partial charge < -0.3 is 9.52 Å². The van der Waals surface area contributed by atoms with Crippen molar-refractivity contribution in [2.45, 2.75) is 0 Å². The zero-order valence-corrected chi connectivity index (χ0v) is 6.07. The molecule has 0 unspecified atom stereocenters. The molecule has 0 aliphatic heterocycles. The van der Waals surface area contributed by atoms with E-state index in [1.165, 1.54) is 18.2 Å². The van der Waals surface area contributed by atoms with E-state index in [-0.39, 0.29) is 5.75 Å². The topological polar surface area (TPSA) is 50.4 Å². The van der Waals surface area contributed by atoms with Crippen LogP contribution in [0.15, 0.2) is 33.5 Å². The largest absolute Gasteiger partial charge is 0.508 e. The first-order valence-corrected chi connectivity index (χ1v) is 3.40. The van der Waals surface area contributed by atoms with Crippen molar-refractivity contribution in [3.8, 4) is 5.75 Å². The van der Waals surface area contributed by atoms with Gasteiger partial charge in [-0.05, 0) is 12.1 Å². The summed E-state index contributed by atoms with van der Waals surface area (Å²) in [5.41, 5.74) is -0.115. The molecule has 0 spiro atoms. The van der Waals surface area contributed by atoms with Crippen LogP contribution in [-0.4, -0.2) is 5.11 Å². The van der Waals surface area contributed by atoms with E-state index in [1.807, 2.05) is 0 Å². The molecule has 2 aromatic rings. The van der Waals surface area contributed by atoms with Gasteiger partial charge in [-0.15, -0.1) is 0 Å². The lowest BCUT2D eigenvalue weighted by Crippen LogP contribution is -1.93. The fourth-order valence-electron chi connectivity index (χ4n) is 0.989. The van der Waals surface area contributed by atoms with Gasteiger partial charge in [0.2, 0.25) is 0 Å². The number of hydrogen-bond donors (Lipinski definition) is 1. The summed E-state index contributed by atoms with van der Waals surface area (Å²) < 4.78 is 4.80. The van der Waals surface area contributed by atoms with Gasteiger partial charge in [0.1, 0.15) is 11.3 Å². The molecule has 1 aromatic carbocycles. The van der Waals surface area contributed by atoms with Gasteiger partial charge in [0, 0.05) is 23.6 Å². The van der Waals surface area contributed by atoms with Crippen molar-refractivity contribution in [1.82, 2.24) is 0 Å². The molecule has 12 heavy (non-hydrogen) atoms. The molecule has 59 valence electrons. The van der Waals surface area contributed by atoms with Crippen LogP contribution in [0.25, 0.3) is 11.0 Å². The van der Waals surface area contributed by atoms with Crippen LogP contribution in [0.2, 0.25) is 0 Å². The van der Waals surface area contributed by atoms with Crippen LogP contribution in [0.3, 0.4) is 0 Å². The monoisotopic (exact) mass is 161 g/mol. The first kappa shape index (κ1) is 6.91. The summed E-state index contributed by atoms with van der Waals surface area (Å²) in [5.74, 6) is 0.0743. The van der Waals surface area contributed by atoms with Gasteiger partial charge in [-0.2, -0.15) is 0 Å². The maximum atomic E-state index is 10.7. The fourth-order valence-corrected chi connectivity index (χ4v) is 0.989. The Labute approximate surface area is 67.9 Å². The number of aromatic hydroxyl groups is 1. The van der Waals surface area contributed by atoms with Crippen molar-refractivity contribution in [3.05, 3.63) is 40.8 Å². The van der Waals surface area contributed by atoms with Gasteiger partial charge in [0.15, 0.2) is 0 Å². The van der Waals surface area contributed by atoms with Crippen molar-refractivity contribution >= 4 is 11.0 Å². The Balaban J connectivity index is 2.89. The SMILES string of the molecule is O=c1c[c]c2ccc(O)cc2o1. The minimum atomic E-state index is -0.465. The molecule has 3 nitrogen and oxygen atoms in total. The van der Waals surface area contributed by atoms with Gasteiger partial charge in [-0.25, -0.2) is 4.79 Å². The predicted molar refractivity (Wildman–Crippen MR) is 43.0 cm³/mol. The van der Waals surface area contributed by atoms with E-state index < -0.39 is 5.63 Å². The van der Waals surface area contributed by atoms with Gasteiger partial charge >= 0.3 is 5.63 Å². The standard InChI is InChI=1S/C9H5O3/c10-7-3-1-6-2-4-9(11)12-8(6)5-7/h1,3-5,10H. The quantitative estimate of drug-likeness (QED) is 0.592. The Hall–Kier alpha value is -1.77. The average Bonchev–Trinajstić information content (AvgIpc) is 2.03. The van der Waals surface area contributed by atoms with Gasteiger partial charge in [-0.3, -0.25) is 0 Å². The second-order valence-electron chi connectivity index (χ2n) is 2.39. The molecule has 0 saturated carbocycles. The Morgan fingerprint density at radius 1 is 1.42 bits per heavy atom. The summed E-state index contributed by atoms with van der Waals surface area (Å²) >= 11 is 0. The minimum Gasteiger partial charge on any atom is -0.508 e. The van der Waals surface area contributed by atoms with Crippen LogP contribution in [0.1, 0.15) is 0 Å². The first-order chi connectivity index (χ1) is 5.75. The highest BCUT2D eigenvalue weighted by Gasteiger charge is 1.97. The van der Waals surface area contributed by atoms with Crippen LogP contribution >= 0.6 is 0 Å². The Kier molecular flexibility index (Phi) is 1.37. The molecule has 1 N–H and O–H groups in total. The molecule has 0 aliphatic rings. The van der Waals surface area contributed by atoms with E-state index >= 15 is 0 Å². The molecular formula is C9H5O3. The number of hydrogen-bond acceptors (Lipinski definition) is 3. The molecule has 0 fully saturated rings.